The molecule has 0 unspecified atom stereocenters. The van der Waals surface area contributed by atoms with Gasteiger partial charge in [-0.15, -0.1) is 0 Å². The monoisotopic (exact) mass is 194 g/mol. The number of benzene rings is 1. The minimum absolute atomic E-state index is 0.245. The van der Waals surface area contributed by atoms with E-state index < -0.39 is 0 Å². The van der Waals surface area contributed by atoms with Crippen molar-refractivity contribution in [1.82, 2.24) is 9.36 Å². The molecule has 0 saturated heterocycles. The lowest BCUT2D eigenvalue weighted by atomic mass is 10.2. The SMILES string of the molecule is Cc1nsc(-c2cccc(F)c2)n1. The van der Waals surface area contributed by atoms with Crippen LogP contribution in [0, 0.1) is 12.7 Å². The zero-order valence-electron chi connectivity index (χ0n) is 6.99. The summed E-state index contributed by atoms with van der Waals surface area (Å²) < 4.78 is 16.8. The van der Waals surface area contributed by atoms with Gasteiger partial charge in [-0.1, -0.05) is 12.1 Å². The first-order chi connectivity index (χ1) is 6.25. The van der Waals surface area contributed by atoms with E-state index in [4.69, 9.17) is 0 Å². The van der Waals surface area contributed by atoms with Gasteiger partial charge >= 0.3 is 0 Å². The third-order valence-electron chi connectivity index (χ3n) is 1.60. The van der Waals surface area contributed by atoms with Crippen molar-refractivity contribution in [2.75, 3.05) is 0 Å². The first kappa shape index (κ1) is 8.31. The topological polar surface area (TPSA) is 25.8 Å². The molecule has 0 fully saturated rings. The van der Waals surface area contributed by atoms with Gasteiger partial charge in [0.05, 0.1) is 0 Å². The van der Waals surface area contributed by atoms with Gasteiger partial charge in [0.15, 0.2) is 0 Å². The van der Waals surface area contributed by atoms with Crippen LogP contribution in [-0.4, -0.2) is 9.36 Å². The number of nitrogens with zero attached hydrogens (tertiary/aromatic N) is 2. The van der Waals surface area contributed by atoms with Crippen molar-refractivity contribution in [3.05, 3.63) is 35.9 Å². The Labute approximate surface area is 79.2 Å². The van der Waals surface area contributed by atoms with E-state index in [0.29, 0.717) is 0 Å². The third-order valence-corrected chi connectivity index (χ3v) is 2.45. The Bertz CT molecular complexity index is 425. The predicted octanol–water partition coefficient (Wildman–Crippen LogP) is 2.65. The molecule has 0 spiro atoms. The summed E-state index contributed by atoms with van der Waals surface area (Å²) >= 11 is 1.28. The van der Waals surface area contributed by atoms with Crippen LogP contribution in [0.25, 0.3) is 10.6 Å². The molecule has 66 valence electrons. The summed E-state index contributed by atoms with van der Waals surface area (Å²) in [6, 6.07) is 6.36. The van der Waals surface area contributed by atoms with Crippen LogP contribution in [0.5, 0.6) is 0 Å². The average molecular weight is 194 g/mol. The van der Waals surface area contributed by atoms with Crippen LogP contribution in [0.2, 0.25) is 0 Å². The highest BCUT2D eigenvalue weighted by molar-refractivity contribution is 7.09. The van der Waals surface area contributed by atoms with E-state index in [0.717, 1.165) is 16.4 Å². The summed E-state index contributed by atoms with van der Waals surface area (Å²) in [5, 5.41) is 0.761. The molecule has 0 radical (unpaired) electrons. The van der Waals surface area contributed by atoms with Crippen LogP contribution in [0.3, 0.4) is 0 Å². The summed E-state index contributed by atoms with van der Waals surface area (Å²) in [6.45, 7) is 1.82. The maximum Gasteiger partial charge on any atom is 0.144 e. The van der Waals surface area contributed by atoms with Crippen LogP contribution in [0.4, 0.5) is 4.39 Å². The lowest BCUT2D eigenvalue weighted by Crippen LogP contribution is -1.79. The fourth-order valence-electron chi connectivity index (χ4n) is 1.04. The Morgan fingerprint density at radius 2 is 2.23 bits per heavy atom. The fraction of sp³-hybridized carbons (Fsp3) is 0.111. The summed E-state index contributed by atoms with van der Waals surface area (Å²) in [6.07, 6.45) is 0. The number of hydrogen-bond acceptors (Lipinski definition) is 3. The van der Waals surface area contributed by atoms with Gasteiger partial charge in [-0.2, -0.15) is 4.37 Å². The lowest BCUT2D eigenvalue weighted by Gasteiger charge is -1.93. The Morgan fingerprint density at radius 1 is 1.38 bits per heavy atom. The van der Waals surface area contributed by atoms with Gasteiger partial charge < -0.3 is 0 Å². The van der Waals surface area contributed by atoms with E-state index in [1.54, 1.807) is 6.07 Å². The van der Waals surface area contributed by atoms with E-state index in [-0.39, 0.29) is 5.82 Å². The van der Waals surface area contributed by atoms with Gasteiger partial charge in [-0.3, -0.25) is 0 Å². The molecule has 2 rings (SSSR count). The second kappa shape index (κ2) is 3.22. The first-order valence-electron chi connectivity index (χ1n) is 3.82. The van der Waals surface area contributed by atoms with Crippen molar-refractivity contribution < 1.29 is 4.39 Å². The second-order valence-electron chi connectivity index (χ2n) is 2.66. The summed E-state index contributed by atoms with van der Waals surface area (Å²) in [5.74, 6) is 0.481. The highest BCUT2D eigenvalue weighted by Crippen LogP contribution is 2.21. The minimum atomic E-state index is -0.245. The Hall–Kier alpha value is -1.29. The molecule has 0 atom stereocenters. The maximum absolute atomic E-state index is 12.8. The van der Waals surface area contributed by atoms with E-state index in [1.165, 1.54) is 23.7 Å². The second-order valence-corrected chi connectivity index (χ2v) is 3.41. The fourth-order valence-corrected chi connectivity index (χ4v) is 1.70. The molecule has 0 aliphatic heterocycles. The molecule has 0 N–H and O–H groups in total. The van der Waals surface area contributed by atoms with Crippen LogP contribution >= 0.6 is 11.5 Å². The molecule has 0 amide bonds. The molecule has 0 bridgehead atoms. The number of rotatable bonds is 1. The molecule has 1 heterocycles. The average Bonchev–Trinajstić information content (AvgIpc) is 2.52. The molecule has 0 saturated carbocycles. The van der Waals surface area contributed by atoms with Gasteiger partial charge in [0.25, 0.3) is 0 Å². The van der Waals surface area contributed by atoms with Gasteiger partial charge in [0.1, 0.15) is 16.6 Å². The predicted molar refractivity (Wildman–Crippen MR) is 50.0 cm³/mol. The largest absolute Gasteiger partial charge is 0.220 e. The smallest absolute Gasteiger partial charge is 0.144 e. The van der Waals surface area contributed by atoms with Gasteiger partial charge in [-0.05, 0) is 30.6 Å². The van der Waals surface area contributed by atoms with Crippen LogP contribution < -0.4 is 0 Å². The van der Waals surface area contributed by atoms with Gasteiger partial charge in [0.2, 0.25) is 0 Å². The molecule has 2 nitrogen and oxygen atoms in total. The van der Waals surface area contributed by atoms with E-state index >= 15 is 0 Å². The highest BCUT2D eigenvalue weighted by atomic mass is 32.1. The van der Waals surface area contributed by atoms with Crippen molar-refractivity contribution >= 4 is 11.5 Å². The van der Waals surface area contributed by atoms with Crippen molar-refractivity contribution in [3.63, 3.8) is 0 Å². The molecule has 2 aromatic rings. The summed E-state index contributed by atoms with van der Waals surface area (Å²) in [5.41, 5.74) is 0.783. The molecule has 1 aromatic heterocycles. The van der Waals surface area contributed by atoms with Crippen molar-refractivity contribution in [2.24, 2.45) is 0 Å². The zero-order chi connectivity index (χ0) is 9.26. The van der Waals surface area contributed by atoms with E-state index in [1.807, 2.05) is 13.0 Å². The Morgan fingerprint density at radius 3 is 2.85 bits per heavy atom. The summed E-state index contributed by atoms with van der Waals surface area (Å²) in [4.78, 5) is 4.16. The normalized spacial score (nSPS) is 10.3. The minimum Gasteiger partial charge on any atom is -0.220 e. The zero-order valence-corrected chi connectivity index (χ0v) is 7.81. The van der Waals surface area contributed by atoms with Crippen molar-refractivity contribution in [2.45, 2.75) is 6.92 Å². The Balaban J connectivity index is 2.46. The van der Waals surface area contributed by atoms with Gasteiger partial charge in [0, 0.05) is 5.56 Å². The van der Waals surface area contributed by atoms with Crippen molar-refractivity contribution in [3.8, 4) is 10.6 Å². The van der Waals surface area contributed by atoms with Crippen molar-refractivity contribution in [1.29, 1.82) is 0 Å². The van der Waals surface area contributed by atoms with Gasteiger partial charge in [-0.25, -0.2) is 9.37 Å². The number of aryl methyl sites for hydroxylation is 1. The quantitative estimate of drug-likeness (QED) is 0.697. The molecule has 0 aliphatic carbocycles. The van der Waals surface area contributed by atoms with Crippen LogP contribution in [0.15, 0.2) is 24.3 Å². The van der Waals surface area contributed by atoms with E-state index in [9.17, 15) is 4.39 Å². The molecule has 0 aliphatic rings. The molecule has 1 aromatic carbocycles. The maximum atomic E-state index is 12.8. The summed E-state index contributed by atoms with van der Waals surface area (Å²) in [7, 11) is 0. The molecular weight excluding hydrogens is 187 g/mol. The highest BCUT2D eigenvalue weighted by Gasteiger charge is 2.03. The number of halogens is 1. The third kappa shape index (κ3) is 1.72. The Kier molecular flexibility index (Phi) is 2.06. The lowest BCUT2D eigenvalue weighted by molar-refractivity contribution is 0.628. The van der Waals surface area contributed by atoms with Crippen LogP contribution in [0.1, 0.15) is 5.82 Å². The molecule has 13 heavy (non-hydrogen) atoms. The molecule has 4 heteroatoms. The first-order valence-corrected chi connectivity index (χ1v) is 4.59. The number of hydrogen-bond donors (Lipinski definition) is 0. The van der Waals surface area contributed by atoms with E-state index in [2.05, 4.69) is 9.36 Å². The number of aromatic nitrogens is 2. The standard InChI is InChI=1S/C9H7FN2S/c1-6-11-9(13-12-6)7-3-2-4-8(10)5-7/h2-5H,1H3. The molecular formula is C9H7FN2S. The van der Waals surface area contributed by atoms with Crippen LogP contribution in [-0.2, 0) is 0 Å².